The molecule has 0 radical (unpaired) electrons. The van der Waals surface area contributed by atoms with Crippen LogP contribution in [0.4, 0.5) is 0 Å². The number of ether oxygens (including phenoxy) is 4. The predicted octanol–water partition coefficient (Wildman–Crippen LogP) is 18.9. The molecule has 0 saturated carbocycles. The Morgan fingerprint density at radius 2 is 0.701 bits per heavy atom. The van der Waals surface area contributed by atoms with Gasteiger partial charge in [-0.2, -0.15) is 0 Å². The van der Waals surface area contributed by atoms with Crippen molar-refractivity contribution < 1.29 is 42.9 Å². The summed E-state index contributed by atoms with van der Waals surface area (Å²) in [6.45, 7) is 4.75. The fraction of sp³-hybridized carbons (Fsp3) is 0.897. The third-order valence-corrected chi connectivity index (χ3v) is 15.2. The Balaban J connectivity index is 3.93. The molecule has 0 aromatic carbocycles. The van der Waals surface area contributed by atoms with Crippen LogP contribution >= 0.6 is 0 Å². The van der Waals surface area contributed by atoms with Crippen molar-refractivity contribution in [2.45, 2.75) is 347 Å². The summed E-state index contributed by atoms with van der Waals surface area (Å²) in [5.74, 6) is -2.28. The normalized spacial score (nSPS) is 12.8. The molecule has 9 nitrogen and oxygen atoms in total. The van der Waals surface area contributed by atoms with E-state index in [2.05, 4.69) is 38.2 Å². The number of hydrogen-bond acceptors (Lipinski definition) is 8. The minimum absolute atomic E-state index is 0.147. The zero-order valence-electron chi connectivity index (χ0n) is 51.9. The fourth-order valence-corrected chi connectivity index (χ4v) is 10.0. The van der Waals surface area contributed by atoms with Gasteiger partial charge >= 0.3 is 11.9 Å². The van der Waals surface area contributed by atoms with E-state index in [1.54, 1.807) is 0 Å². The van der Waals surface area contributed by atoms with Gasteiger partial charge in [0, 0.05) is 12.8 Å². The van der Waals surface area contributed by atoms with E-state index in [9.17, 15) is 19.5 Å². The van der Waals surface area contributed by atoms with Gasteiger partial charge in [-0.3, -0.25) is 9.59 Å². The molecule has 454 valence electrons. The van der Waals surface area contributed by atoms with Crippen LogP contribution in [0.25, 0.3) is 0 Å². The lowest BCUT2D eigenvalue weighted by atomic mass is 10.0. The van der Waals surface area contributed by atoms with E-state index >= 15 is 0 Å². The Labute approximate surface area is 478 Å². The van der Waals surface area contributed by atoms with Crippen LogP contribution < -0.4 is 5.11 Å². The first kappa shape index (κ1) is 74.8. The molecule has 2 unspecified atom stereocenters. The van der Waals surface area contributed by atoms with E-state index in [0.717, 1.165) is 57.8 Å². The minimum atomic E-state index is -1.62. The van der Waals surface area contributed by atoms with Crippen molar-refractivity contribution in [1.29, 1.82) is 0 Å². The number of carbonyl (C=O) groups excluding carboxylic acids is 3. The molecular formula is C68H129NO8. The molecule has 0 aromatic heterocycles. The predicted molar refractivity (Wildman–Crippen MR) is 325 cm³/mol. The summed E-state index contributed by atoms with van der Waals surface area (Å²) in [5, 5.41) is 11.8. The molecule has 0 amide bonds. The molecule has 0 spiro atoms. The average Bonchev–Trinajstić information content (AvgIpc) is 3.40. The zero-order valence-corrected chi connectivity index (χ0v) is 51.9. The van der Waals surface area contributed by atoms with Crippen molar-refractivity contribution >= 4 is 17.9 Å². The van der Waals surface area contributed by atoms with Gasteiger partial charge in [0.25, 0.3) is 0 Å². The highest BCUT2D eigenvalue weighted by atomic mass is 16.7. The summed E-state index contributed by atoms with van der Waals surface area (Å²) < 4.78 is 22.7. The third kappa shape index (κ3) is 61.2. The van der Waals surface area contributed by atoms with Crippen LogP contribution in [-0.2, 0) is 33.3 Å². The average molecular weight is 1090 g/mol. The highest BCUT2D eigenvalue weighted by molar-refractivity contribution is 5.70. The molecule has 0 fully saturated rings. The van der Waals surface area contributed by atoms with Gasteiger partial charge in [0.05, 0.1) is 40.3 Å². The summed E-state index contributed by atoms with van der Waals surface area (Å²) in [6, 6.07) is 0. The van der Waals surface area contributed by atoms with Gasteiger partial charge in [-0.15, -0.1) is 0 Å². The first-order valence-corrected chi connectivity index (χ1v) is 33.5. The molecule has 0 aliphatic rings. The van der Waals surface area contributed by atoms with Crippen LogP contribution in [0.5, 0.6) is 0 Å². The van der Waals surface area contributed by atoms with E-state index in [-0.39, 0.29) is 32.2 Å². The molecule has 0 rings (SSSR count). The number of carboxylic acids is 1. The van der Waals surface area contributed by atoms with Gasteiger partial charge in [0.2, 0.25) is 0 Å². The standard InChI is InChI=1S/C68H129NO8/c1-6-8-10-12-14-16-18-20-22-23-24-25-26-27-28-29-30-31-32-33-34-35-36-37-38-39-40-41-42-43-45-46-48-50-52-54-56-58-65(70)75-62-64(63-76-68(67(72)73)74-61-60-69(3,4)5)77-66(71)59-57-55-53-51-49-47-44-21-19-17-15-13-11-9-7-2/h15,17,21,44,64,68H,6-14,16,18-20,22-43,45-63H2,1-5H3/b17-15-,44-21-. The maximum atomic E-state index is 12.8. The lowest BCUT2D eigenvalue weighted by Crippen LogP contribution is -2.44. The molecular weight excluding hydrogens is 959 g/mol. The number of rotatable bonds is 63. The Bertz CT molecular complexity index is 1310. The van der Waals surface area contributed by atoms with Crippen LogP contribution in [0, 0.1) is 0 Å². The molecule has 0 aromatic rings. The summed E-state index contributed by atoms with van der Waals surface area (Å²) >= 11 is 0. The molecule has 0 aliphatic carbocycles. The lowest BCUT2D eigenvalue weighted by Gasteiger charge is -2.26. The number of unbranched alkanes of at least 4 members (excludes halogenated alkanes) is 44. The van der Waals surface area contributed by atoms with Crippen molar-refractivity contribution in [2.75, 3.05) is 47.5 Å². The Morgan fingerprint density at radius 1 is 0.390 bits per heavy atom. The van der Waals surface area contributed by atoms with Gasteiger partial charge in [-0.1, -0.05) is 301 Å². The number of likely N-dealkylation sites (N-methyl/N-ethyl adjacent to an activating group) is 1. The number of quaternary nitrogens is 1. The van der Waals surface area contributed by atoms with E-state index in [4.69, 9.17) is 18.9 Å². The largest absolute Gasteiger partial charge is 0.545 e. The van der Waals surface area contributed by atoms with E-state index in [0.29, 0.717) is 23.9 Å². The van der Waals surface area contributed by atoms with E-state index < -0.39 is 24.3 Å². The number of esters is 2. The maximum Gasteiger partial charge on any atom is 0.306 e. The third-order valence-electron chi connectivity index (χ3n) is 15.2. The van der Waals surface area contributed by atoms with Gasteiger partial charge < -0.3 is 33.3 Å². The van der Waals surface area contributed by atoms with Gasteiger partial charge in [-0.25, -0.2) is 0 Å². The lowest BCUT2D eigenvalue weighted by molar-refractivity contribution is -0.870. The van der Waals surface area contributed by atoms with Crippen LogP contribution in [0.15, 0.2) is 24.3 Å². The second kappa shape index (κ2) is 59.9. The van der Waals surface area contributed by atoms with Crippen molar-refractivity contribution in [3.63, 3.8) is 0 Å². The first-order chi connectivity index (χ1) is 37.6. The summed E-state index contributed by atoms with van der Waals surface area (Å²) in [5.41, 5.74) is 0. The molecule has 0 saturated heterocycles. The summed E-state index contributed by atoms with van der Waals surface area (Å²) in [6.07, 6.45) is 70.0. The topological polar surface area (TPSA) is 111 Å². The Morgan fingerprint density at radius 3 is 1.05 bits per heavy atom. The second-order valence-corrected chi connectivity index (χ2v) is 24.1. The molecule has 0 N–H and O–H groups in total. The number of hydrogen-bond donors (Lipinski definition) is 0. The second-order valence-electron chi connectivity index (χ2n) is 24.1. The quantitative estimate of drug-likeness (QED) is 0.0195. The van der Waals surface area contributed by atoms with Gasteiger partial charge in [0.15, 0.2) is 12.4 Å². The van der Waals surface area contributed by atoms with Crippen LogP contribution in [0.2, 0.25) is 0 Å². The molecule has 0 aliphatic heterocycles. The van der Waals surface area contributed by atoms with Gasteiger partial charge in [-0.05, 0) is 44.9 Å². The Hall–Kier alpha value is -2.23. The number of aliphatic carboxylic acids is 1. The SMILES string of the molecule is CCCCC/C=C\C/C=C\CCCCCCCC(=O)OC(COC(=O)CCCCCCCCCCCCCCCCCCCCCCCCCCCCCCCCCCCCCCC)COC(OCC[N+](C)(C)C)C(=O)[O-]. The smallest absolute Gasteiger partial charge is 0.306 e. The van der Waals surface area contributed by atoms with Crippen molar-refractivity contribution in [1.82, 2.24) is 0 Å². The summed E-state index contributed by atoms with van der Waals surface area (Å²) in [4.78, 5) is 37.3. The summed E-state index contributed by atoms with van der Waals surface area (Å²) in [7, 11) is 5.93. The molecule has 2 atom stereocenters. The van der Waals surface area contributed by atoms with Crippen LogP contribution in [-0.4, -0.2) is 82.3 Å². The number of carbonyl (C=O) groups is 3. The van der Waals surface area contributed by atoms with Crippen LogP contribution in [0.1, 0.15) is 335 Å². The molecule has 9 heteroatoms. The van der Waals surface area contributed by atoms with E-state index in [1.165, 1.54) is 244 Å². The zero-order chi connectivity index (χ0) is 56.2. The van der Waals surface area contributed by atoms with Crippen molar-refractivity contribution in [2.24, 2.45) is 0 Å². The molecule has 0 bridgehead atoms. The first-order valence-electron chi connectivity index (χ1n) is 33.5. The fourth-order valence-electron chi connectivity index (χ4n) is 10.0. The van der Waals surface area contributed by atoms with Crippen molar-refractivity contribution in [3.8, 4) is 0 Å². The van der Waals surface area contributed by atoms with E-state index in [1.807, 2.05) is 21.1 Å². The highest BCUT2D eigenvalue weighted by Crippen LogP contribution is 2.19. The molecule has 77 heavy (non-hydrogen) atoms. The molecule has 0 heterocycles. The Kier molecular flexibility index (Phi) is 58.1. The number of carboxylic acid groups (broad SMARTS) is 1. The van der Waals surface area contributed by atoms with Crippen molar-refractivity contribution in [3.05, 3.63) is 24.3 Å². The van der Waals surface area contributed by atoms with Crippen LogP contribution in [0.3, 0.4) is 0 Å². The monoisotopic (exact) mass is 1090 g/mol. The van der Waals surface area contributed by atoms with Gasteiger partial charge in [0.1, 0.15) is 13.2 Å². The number of allylic oxidation sites excluding steroid dienone is 4. The number of nitrogens with zero attached hydrogens (tertiary/aromatic N) is 1. The maximum absolute atomic E-state index is 12.8. The highest BCUT2D eigenvalue weighted by Gasteiger charge is 2.22. The minimum Gasteiger partial charge on any atom is -0.545 e.